The van der Waals surface area contributed by atoms with Crippen LogP contribution in [-0.4, -0.2) is 5.78 Å². The molecule has 0 aliphatic rings. The zero-order chi connectivity index (χ0) is 12.3. The Morgan fingerprint density at radius 2 is 1.59 bits per heavy atom. The molecule has 2 rings (SSSR count). The van der Waals surface area contributed by atoms with Gasteiger partial charge in [-0.1, -0.05) is 28.1 Å². The van der Waals surface area contributed by atoms with E-state index in [1.807, 2.05) is 24.3 Å². The normalized spacial score (nSPS) is 10.2. The third kappa shape index (κ3) is 3.17. The van der Waals surface area contributed by atoms with Crippen LogP contribution in [0.3, 0.4) is 0 Å². The lowest BCUT2D eigenvalue weighted by molar-refractivity contribution is 0.0993. The van der Waals surface area contributed by atoms with E-state index in [-0.39, 0.29) is 5.78 Å². The highest BCUT2D eigenvalue weighted by molar-refractivity contribution is 9.10. The number of hydrogen-bond donors (Lipinski definition) is 1. The fourth-order valence-electron chi connectivity index (χ4n) is 1.56. The molecule has 0 aliphatic heterocycles. The molecule has 86 valence electrons. The van der Waals surface area contributed by atoms with Crippen LogP contribution in [-0.2, 0) is 6.42 Å². The predicted octanol–water partition coefficient (Wildman–Crippen LogP) is 3.46. The van der Waals surface area contributed by atoms with Crippen LogP contribution in [0.5, 0.6) is 0 Å². The number of hydrogen-bond acceptors (Lipinski definition) is 2. The summed E-state index contributed by atoms with van der Waals surface area (Å²) in [4.78, 5) is 12.0. The number of benzene rings is 2. The standard InChI is InChI=1S/C14H12BrNO/c15-12-5-1-10(2-6-12)9-14(17)11-3-7-13(16)8-4-11/h1-8H,9,16H2. The molecule has 2 aromatic rings. The van der Waals surface area contributed by atoms with Crippen LogP contribution in [0, 0.1) is 0 Å². The Morgan fingerprint density at radius 1 is 1.00 bits per heavy atom. The van der Waals surface area contributed by atoms with Crippen LogP contribution in [0.15, 0.2) is 53.0 Å². The Hall–Kier alpha value is -1.61. The van der Waals surface area contributed by atoms with Gasteiger partial charge in [-0.3, -0.25) is 4.79 Å². The van der Waals surface area contributed by atoms with E-state index in [0.29, 0.717) is 17.7 Å². The summed E-state index contributed by atoms with van der Waals surface area (Å²) in [5.41, 5.74) is 7.96. The largest absolute Gasteiger partial charge is 0.399 e. The van der Waals surface area contributed by atoms with Crippen molar-refractivity contribution in [2.75, 3.05) is 5.73 Å². The predicted molar refractivity (Wildman–Crippen MR) is 73.0 cm³/mol. The van der Waals surface area contributed by atoms with Gasteiger partial charge < -0.3 is 5.73 Å². The van der Waals surface area contributed by atoms with Crippen molar-refractivity contribution >= 4 is 27.4 Å². The Balaban J connectivity index is 2.11. The highest BCUT2D eigenvalue weighted by Gasteiger charge is 2.06. The van der Waals surface area contributed by atoms with Crippen LogP contribution < -0.4 is 5.73 Å². The summed E-state index contributed by atoms with van der Waals surface area (Å²) >= 11 is 3.37. The number of anilines is 1. The third-order valence-corrected chi connectivity index (χ3v) is 3.04. The molecule has 0 radical (unpaired) electrons. The molecule has 0 unspecified atom stereocenters. The van der Waals surface area contributed by atoms with Crippen molar-refractivity contribution in [3.05, 3.63) is 64.1 Å². The van der Waals surface area contributed by atoms with Crippen LogP contribution in [0.4, 0.5) is 5.69 Å². The molecule has 0 atom stereocenters. The van der Waals surface area contributed by atoms with Gasteiger partial charge in [-0.2, -0.15) is 0 Å². The molecule has 0 aliphatic carbocycles. The van der Waals surface area contributed by atoms with Gasteiger partial charge in [0.15, 0.2) is 5.78 Å². The maximum absolute atomic E-state index is 12.0. The number of ketones is 1. The van der Waals surface area contributed by atoms with Gasteiger partial charge in [-0.15, -0.1) is 0 Å². The Morgan fingerprint density at radius 3 is 2.18 bits per heavy atom. The molecular weight excluding hydrogens is 278 g/mol. The van der Waals surface area contributed by atoms with E-state index < -0.39 is 0 Å². The summed E-state index contributed by atoms with van der Waals surface area (Å²) in [7, 11) is 0. The number of halogens is 1. The van der Waals surface area contributed by atoms with Crippen molar-refractivity contribution in [2.45, 2.75) is 6.42 Å². The lowest BCUT2D eigenvalue weighted by atomic mass is 10.0. The Kier molecular flexibility index (Phi) is 3.59. The van der Waals surface area contributed by atoms with E-state index in [4.69, 9.17) is 5.73 Å². The van der Waals surface area contributed by atoms with Gasteiger partial charge in [0, 0.05) is 22.1 Å². The maximum atomic E-state index is 12.0. The Bertz CT molecular complexity index is 517. The molecule has 0 aromatic heterocycles. The number of Topliss-reactive ketones (excluding diaryl/α,β-unsaturated/α-hetero) is 1. The lowest BCUT2D eigenvalue weighted by Crippen LogP contribution is -2.03. The van der Waals surface area contributed by atoms with Crippen molar-refractivity contribution in [1.29, 1.82) is 0 Å². The fraction of sp³-hybridized carbons (Fsp3) is 0.0714. The van der Waals surface area contributed by atoms with E-state index in [0.717, 1.165) is 10.0 Å². The number of nitrogens with two attached hydrogens (primary N) is 1. The first-order valence-electron chi connectivity index (χ1n) is 5.28. The second-order valence-electron chi connectivity index (χ2n) is 3.85. The highest BCUT2D eigenvalue weighted by atomic mass is 79.9. The van der Waals surface area contributed by atoms with Crippen molar-refractivity contribution in [2.24, 2.45) is 0 Å². The molecule has 2 nitrogen and oxygen atoms in total. The quantitative estimate of drug-likeness (QED) is 0.695. The van der Waals surface area contributed by atoms with Gasteiger partial charge in [-0.25, -0.2) is 0 Å². The van der Waals surface area contributed by atoms with E-state index in [2.05, 4.69) is 15.9 Å². The van der Waals surface area contributed by atoms with Gasteiger partial charge in [0.05, 0.1) is 0 Å². The zero-order valence-corrected chi connectivity index (χ0v) is 10.8. The molecular formula is C14H12BrNO. The number of nitrogen functional groups attached to an aromatic ring is 1. The summed E-state index contributed by atoms with van der Waals surface area (Å²) in [6.45, 7) is 0. The van der Waals surface area contributed by atoms with E-state index >= 15 is 0 Å². The third-order valence-electron chi connectivity index (χ3n) is 2.51. The van der Waals surface area contributed by atoms with E-state index in [1.54, 1.807) is 24.3 Å². The number of carbonyl (C=O) groups excluding carboxylic acids is 1. The first-order chi connectivity index (χ1) is 8.15. The molecule has 0 fully saturated rings. The molecule has 2 aromatic carbocycles. The van der Waals surface area contributed by atoms with Crippen LogP contribution in [0.1, 0.15) is 15.9 Å². The summed E-state index contributed by atoms with van der Waals surface area (Å²) in [5.74, 6) is 0.104. The zero-order valence-electron chi connectivity index (χ0n) is 9.19. The van der Waals surface area contributed by atoms with Gasteiger partial charge in [-0.05, 0) is 42.0 Å². The van der Waals surface area contributed by atoms with E-state index in [9.17, 15) is 4.79 Å². The van der Waals surface area contributed by atoms with Crippen molar-refractivity contribution in [1.82, 2.24) is 0 Å². The lowest BCUT2D eigenvalue weighted by Gasteiger charge is -2.02. The molecule has 2 N–H and O–H groups in total. The minimum absolute atomic E-state index is 0.104. The van der Waals surface area contributed by atoms with Gasteiger partial charge in [0.2, 0.25) is 0 Å². The van der Waals surface area contributed by atoms with E-state index in [1.165, 1.54) is 0 Å². The summed E-state index contributed by atoms with van der Waals surface area (Å²) in [5, 5.41) is 0. The summed E-state index contributed by atoms with van der Waals surface area (Å²) in [6.07, 6.45) is 0.414. The molecule has 0 heterocycles. The molecule has 3 heteroatoms. The minimum Gasteiger partial charge on any atom is -0.399 e. The number of carbonyl (C=O) groups is 1. The summed E-state index contributed by atoms with van der Waals surface area (Å²) in [6, 6.07) is 14.8. The second-order valence-corrected chi connectivity index (χ2v) is 4.76. The highest BCUT2D eigenvalue weighted by Crippen LogP contribution is 2.13. The maximum Gasteiger partial charge on any atom is 0.167 e. The molecule has 0 amide bonds. The topological polar surface area (TPSA) is 43.1 Å². The first kappa shape index (κ1) is 11.9. The monoisotopic (exact) mass is 289 g/mol. The van der Waals surface area contributed by atoms with Gasteiger partial charge in [0.25, 0.3) is 0 Å². The smallest absolute Gasteiger partial charge is 0.167 e. The van der Waals surface area contributed by atoms with Crippen molar-refractivity contribution in [3.63, 3.8) is 0 Å². The fourth-order valence-corrected chi connectivity index (χ4v) is 1.82. The van der Waals surface area contributed by atoms with Crippen molar-refractivity contribution in [3.8, 4) is 0 Å². The van der Waals surface area contributed by atoms with Crippen molar-refractivity contribution < 1.29 is 4.79 Å². The van der Waals surface area contributed by atoms with Gasteiger partial charge >= 0.3 is 0 Å². The number of rotatable bonds is 3. The molecule has 0 spiro atoms. The molecule has 0 saturated carbocycles. The molecule has 0 saturated heterocycles. The molecule has 17 heavy (non-hydrogen) atoms. The SMILES string of the molecule is Nc1ccc(C(=O)Cc2ccc(Br)cc2)cc1. The summed E-state index contributed by atoms with van der Waals surface area (Å²) < 4.78 is 1.01. The average Bonchev–Trinajstić information content (AvgIpc) is 2.33. The van der Waals surface area contributed by atoms with Crippen LogP contribution >= 0.6 is 15.9 Å². The second kappa shape index (κ2) is 5.15. The molecule has 0 bridgehead atoms. The van der Waals surface area contributed by atoms with Crippen LogP contribution in [0.2, 0.25) is 0 Å². The van der Waals surface area contributed by atoms with Crippen LogP contribution in [0.25, 0.3) is 0 Å². The van der Waals surface area contributed by atoms with Gasteiger partial charge in [0.1, 0.15) is 0 Å². The Labute approximate surface area is 109 Å². The first-order valence-corrected chi connectivity index (χ1v) is 6.07. The average molecular weight is 290 g/mol. The minimum atomic E-state index is 0.104.